The average Bonchev–Trinajstić information content (AvgIpc) is 2.14. The fourth-order valence-corrected chi connectivity index (χ4v) is 1.23. The molecule has 0 amide bonds. The smallest absolute Gasteiger partial charge is 0.133 e. The van der Waals surface area contributed by atoms with Crippen molar-refractivity contribution in [3.63, 3.8) is 0 Å². The van der Waals surface area contributed by atoms with Gasteiger partial charge in [-0.15, -0.1) is 0 Å². The van der Waals surface area contributed by atoms with Crippen molar-refractivity contribution in [2.24, 2.45) is 5.73 Å². The Morgan fingerprint density at radius 3 is 2.57 bits per heavy atom. The molecule has 0 saturated carbocycles. The minimum atomic E-state index is -1.07. The number of hydrogen-bond acceptors (Lipinski definition) is 3. The second-order valence-electron chi connectivity index (χ2n) is 3.72. The maximum Gasteiger partial charge on any atom is 0.133 e. The van der Waals surface area contributed by atoms with Crippen molar-refractivity contribution >= 4 is 5.69 Å². The van der Waals surface area contributed by atoms with E-state index in [1.54, 1.807) is 19.9 Å². The highest BCUT2D eigenvalue weighted by Crippen LogP contribution is 2.25. The maximum atomic E-state index is 13.7. The van der Waals surface area contributed by atoms with Crippen molar-refractivity contribution in [3.8, 4) is 0 Å². The molecule has 3 nitrogen and oxygen atoms in total. The molecule has 0 heterocycles. The van der Waals surface area contributed by atoms with E-state index < -0.39 is 11.4 Å². The molecule has 0 aliphatic rings. The fourth-order valence-electron chi connectivity index (χ4n) is 1.23. The van der Waals surface area contributed by atoms with Crippen LogP contribution in [0.4, 0.5) is 10.1 Å². The summed E-state index contributed by atoms with van der Waals surface area (Å²) < 4.78 is 13.7. The lowest BCUT2D eigenvalue weighted by molar-refractivity contribution is 0.206. The number of anilines is 1. The van der Waals surface area contributed by atoms with Crippen LogP contribution < -0.4 is 11.5 Å². The van der Waals surface area contributed by atoms with Gasteiger partial charge in [-0.1, -0.05) is 6.07 Å². The van der Waals surface area contributed by atoms with Gasteiger partial charge in [0.05, 0.1) is 12.1 Å². The van der Waals surface area contributed by atoms with E-state index in [0.717, 1.165) is 0 Å². The van der Waals surface area contributed by atoms with E-state index in [1.165, 1.54) is 6.07 Å². The zero-order chi connectivity index (χ0) is 10.9. The minimum Gasteiger partial charge on any atom is -0.398 e. The third-order valence-electron chi connectivity index (χ3n) is 2.37. The largest absolute Gasteiger partial charge is 0.398 e. The Hall–Kier alpha value is -1.13. The summed E-state index contributed by atoms with van der Waals surface area (Å²) in [6.45, 7) is 2.84. The molecule has 0 aromatic heterocycles. The van der Waals surface area contributed by atoms with Gasteiger partial charge in [0.2, 0.25) is 0 Å². The lowest BCUT2D eigenvalue weighted by Crippen LogP contribution is -2.38. The van der Waals surface area contributed by atoms with Crippen LogP contribution in [-0.2, 0) is 5.54 Å². The predicted octanol–water partition coefficient (Wildman–Crippen LogP) is 0.883. The van der Waals surface area contributed by atoms with E-state index >= 15 is 0 Å². The second kappa shape index (κ2) is 3.55. The molecule has 1 aromatic rings. The first-order chi connectivity index (χ1) is 6.40. The summed E-state index contributed by atoms with van der Waals surface area (Å²) in [5, 5.41) is 9.01. The maximum absolute atomic E-state index is 13.7. The average molecular weight is 198 g/mol. The monoisotopic (exact) mass is 198 g/mol. The fraction of sp³-hybridized carbons (Fsp3) is 0.400. The number of aliphatic hydroxyl groups excluding tert-OH is 1. The normalized spacial score (nSPS) is 15.2. The molecule has 1 aromatic carbocycles. The highest BCUT2D eigenvalue weighted by Gasteiger charge is 2.25. The van der Waals surface area contributed by atoms with E-state index in [4.69, 9.17) is 16.6 Å². The van der Waals surface area contributed by atoms with Gasteiger partial charge in [-0.05, 0) is 19.9 Å². The van der Waals surface area contributed by atoms with Gasteiger partial charge in [0.15, 0.2) is 0 Å². The standard InChI is InChI=1S/C10H15FN2O/c1-6-8(12)4-3-7(9(6)11)10(2,13)5-14/h3-4,14H,5,12-13H2,1-2H3. The Balaban J connectivity index is 3.31. The Kier molecular flexibility index (Phi) is 2.78. The number of rotatable bonds is 2. The highest BCUT2D eigenvalue weighted by molar-refractivity contribution is 5.50. The van der Waals surface area contributed by atoms with Crippen LogP contribution in [0.5, 0.6) is 0 Å². The summed E-state index contributed by atoms with van der Waals surface area (Å²) in [5.74, 6) is -0.441. The Morgan fingerprint density at radius 1 is 1.50 bits per heavy atom. The summed E-state index contributed by atoms with van der Waals surface area (Å²) in [4.78, 5) is 0. The number of hydrogen-bond donors (Lipinski definition) is 3. The highest BCUT2D eigenvalue weighted by atomic mass is 19.1. The zero-order valence-corrected chi connectivity index (χ0v) is 8.34. The van der Waals surface area contributed by atoms with Crippen LogP contribution in [0, 0.1) is 12.7 Å². The number of nitrogens with two attached hydrogens (primary N) is 2. The molecule has 14 heavy (non-hydrogen) atoms. The molecule has 0 aliphatic heterocycles. The first-order valence-corrected chi connectivity index (χ1v) is 4.35. The van der Waals surface area contributed by atoms with Crippen molar-refractivity contribution in [2.45, 2.75) is 19.4 Å². The number of nitrogen functional groups attached to an aromatic ring is 1. The van der Waals surface area contributed by atoms with E-state index in [1.807, 2.05) is 0 Å². The van der Waals surface area contributed by atoms with Crippen LogP contribution in [0.25, 0.3) is 0 Å². The second-order valence-corrected chi connectivity index (χ2v) is 3.72. The summed E-state index contributed by atoms with van der Waals surface area (Å²) in [7, 11) is 0. The lowest BCUT2D eigenvalue weighted by Gasteiger charge is -2.23. The molecule has 0 bridgehead atoms. The summed E-state index contributed by atoms with van der Waals surface area (Å²) in [6.07, 6.45) is 0. The van der Waals surface area contributed by atoms with E-state index in [2.05, 4.69) is 0 Å². The van der Waals surface area contributed by atoms with Crippen LogP contribution in [0.15, 0.2) is 12.1 Å². The molecule has 1 atom stereocenters. The Bertz CT molecular complexity index is 350. The van der Waals surface area contributed by atoms with Gasteiger partial charge in [0, 0.05) is 16.8 Å². The number of aliphatic hydroxyl groups is 1. The topological polar surface area (TPSA) is 72.3 Å². The van der Waals surface area contributed by atoms with E-state index in [9.17, 15) is 4.39 Å². The molecule has 0 fully saturated rings. The molecule has 0 saturated heterocycles. The predicted molar refractivity (Wildman–Crippen MR) is 54.2 cm³/mol. The molecule has 4 heteroatoms. The van der Waals surface area contributed by atoms with Gasteiger partial charge in [-0.25, -0.2) is 4.39 Å². The third-order valence-corrected chi connectivity index (χ3v) is 2.37. The summed E-state index contributed by atoms with van der Waals surface area (Å²) >= 11 is 0. The van der Waals surface area contributed by atoms with Gasteiger partial charge >= 0.3 is 0 Å². The van der Waals surface area contributed by atoms with Crippen LogP contribution >= 0.6 is 0 Å². The number of halogens is 1. The molecule has 78 valence electrons. The molecule has 0 spiro atoms. The van der Waals surface area contributed by atoms with Crippen molar-refractivity contribution in [3.05, 3.63) is 29.1 Å². The minimum absolute atomic E-state index is 0.284. The third kappa shape index (κ3) is 1.71. The van der Waals surface area contributed by atoms with Crippen molar-refractivity contribution in [1.82, 2.24) is 0 Å². The van der Waals surface area contributed by atoms with Crippen molar-refractivity contribution in [1.29, 1.82) is 0 Å². The van der Waals surface area contributed by atoms with Crippen molar-refractivity contribution < 1.29 is 9.50 Å². The molecule has 1 rings (SSSR count). The Morgan fingerprint density at radius 2 is 2.07 bits per heavy atom. The van der Waals surface area contributed by atoms with Gasteiger partial charge < -0.3 is 16.6 Å². The van der Waals surface area contributed by atoms with E-state index in [0.29, 0.717) is 11.3 Å². The molecule has 0 aliphatic carbocycles. The lowest BCUT2D eigenvalue weighted by atomic mass is 9.92. The van der Waals surface area contributed by atoms with Gasteiger partial charge in [-0.2, -0.15) is 0 Å². The van der Waals surface area contributed by atoms with Gasteiger partial charge in [0.25, 0.3) is 0 Å². The van der Waals surface area contributed by atoms with Crippen LogP contribution in [0.2, 0.25) is 0 Å². The van der Waals surface area contributed by atoms with Crippen LogP contribution in [0.1, 0.15) is 18.1 Å². The molecular weight excluding hydrogens is 183 g/mol. The van der Waals surface area contributed by atoms with Crippen LogP contribution in [0.3, 0.4) is 0 Å². The van der Waals surface area contributed by atoms with E-state index in [-0.39, 0.29) is 12.2 Å². The summed E-state index contributed by atoms with van der Waals surface area (Å²) in [6, 6.07) is 3.10. The molecule has 1 unspecified atom stereocenters. The van der Waals surface area contributed by atoms with Crippen LogP contribution in [-0.4, -0.2) is 11.7 Å². The zero-order valence-electron chi connectivity index (χ0n) is 8.34. The Labute approximate surface area is 82.5 Å². The molecular formula is C10H15FN2O. The van der Waals surface area contributed by atoms with Gasteiger partial charge in [0.1, 0.15) is 5.82 Å². The molecule has 5 N–H and O–H groups in total. The quantitative estimate of drug-likeness (QED) is 0.618. The summed E-state index contributed by atoms with van der Waals surface area (Å²) in [5.41, 5.74) is 11.2. The first-order valence-electron chi connectivity index (χ1n) is 4.35. The SMILES string of the molecule is Cc1c(N)ccc(C(C)(N)CO)c1F. The number of benzene rings is 1. The van der Waals surface area contributed by atoms with Gasteiger partial charge in [-0.3, -0.25) is 0 Å². The molecule has 0 radical (unpaired) electrons. The first kappa shape index (κ1) is 10.9. The van der Waals surface area contributed by atoms with Crippen molar-refractivity contribution in [2.75, 3.05) is 12.3 Å².